The number of aliphatic hydroxyl groups excluding tert-OH is 1. The van der Waals surface area contributed by atoms with Crippen molar-refractivity contribution >= 4 is 21.6 Å². The summed E-state index contributed by atoms with van der Waals surface area (Å²) in [5.41, 5.74) is -0.0671. The van der Waals surface area contributed by atoms with Crippen LogP contribution in [0, 0.1) is 5.92 Å². The topological polar surface area (TPSA) is 157 Å². The van der Waals surface area contributed by atoms with E-state index in [0.29, 0.717) is 0 Å². The maximum absolute atomic E-state index is 11.6. The maximum atomic E-state index is 11.6. The summed E-state index contributed by atoms with van der Waals surface area (Å²) in [6.45, 7) is -0.742. The van der Waals surface area contributed by atoms with Gasteiger partial charge in [0.25, 0.3) is 5.56 Å². The Balaban J connectivity index is 1.89. The van der Waals surface area contributed by atoms with Crippen LogP contribution < -0.4 is 5.56 Å². The number of H-pyrrole nitrogens is 1. The number of imidazole rings is 1. The van der Waals surface area contributed by atoms with Crippen molar-refractivity contribution < 1.29 is 27.0 Å². The van der Waals surface area contributed by atoms with Crippen molar-refractivity contribution in [3.8, 4) is 0 Å². The quantitative estimate of drug-likeness (QED) is 0.551. The highest BCUT2D eigenvalue weighted by molar-refractivity contribution is 7.80. The van der Waals surface area contributed by atoms with Gasteiger partial charge >= 0.3 is 10.4 Å². The van der Waals surface area contributed by atoms with E-state index in [-0.39, 0.29) is 17.8 Å². The van der Waals surface area contributed by atoms with Gasteiger partial charge < -0.3 is 14.8 Å². The number of aliphatic hydroxyl groups is 1. The SMILES string of the molecule is O=c1[nH]cnc2c1ncn2[C@@H]1O[C@H](CO)[C@H]1COS(=O)(=O)O. The van der Waals surface area contributed by atoms with Crippen LogP contribution in [0.2, 0.25) is 0 Å². The third-order valence-corrected chi connectivity index (χ3v) is 3.82. The Kier molecular flexibility index (Phi) is 3.70. The van der Waals surface area contributed by atoms with Crippen LogP contribution in [0.4, 0.5) is 0 Å². The Morgan fingerprint density at radius 1 is 1.45 bits per heavy atom. The van der Waals surface area contributed by atoms with Gasteiger partial charge in [-0.1, -0.05) is 0 Å². The fourth-order valence-corrected chi connectivity index (χ4v) is 2.66. The summed E-state index contributed by atoms with van der Waals surface area (Å²) in [6.07, 6.45) is 1.14. The maximum Gasteiger partial charge on any atom is 0.397 e. The van der Waals surface area contributed by atoms with Gasteiger partial charge in [-0.3, -0.25) is 13.9 Å². The Labute approximate surface area is 123 Å². The number of hydrogen-bond acceptors (Lipinski definition) is 8. The molecule has 22 heavy (non-hydrogen) atoms. The molecular formula is C10H12N4O7S. The molecule has 12 heteroatoms. The van der Waals surface area contributed by atoms with Gasteiger partial charge in [0.2, 0.25) is 0 Å². The molecule has 1 saturated heterocycles. The van der Waals surface area contributed by atoms with E-state index in [1.807, 2.05) is 0 Å². The number of fused-ring (bicyclic) bond motifs is 1. The van der Waals surface area contributed by atoms with Gasteiger partial charge in [0, 0.05) is 0 Å². The van der Waals surface area contributed by atoms with Crippen molar-refractivity contribution in [1.29, 1.82) is 0 Å². The van der Waals surface area contributed by atoms with Gasteiger partial charge in [-0.05, 0) is 0 Å². The third kappa shape index (κ3) is 2.62. The summed E-state index contributed by atoms with van der Waals surface area (Å²) in [4.78, 5) is 21.9. The smallest absolute Gasteiger partial charge is 0.394 e. The number of nitrogens with one attached hydrogen (secondary N) is 1. The molecule has 2 aromatic rings. The van der Waals surface area contributed by atoms with E-state index in [0.717, 1.165) is 0 Å². The van der Waals surface area contributed by atoms with Gasteiger partial charge in [0.15, 0.2) is 11.2 Å². The molecule has 3 atom stereocenters. The standard InChI is InChI=1S/C10H12N4O7S/c15-1-6-5(2-20-22(17,18)19)10(21-6)14-4-13-7-8(14)11-3-12-9(7)16/h3-6,10,15H,1-2H2,(H,11,12,16)(H,17,18,19)/t5-,6-,10-/m1/s1. The average molecular weight is 332 g/mol. The third-order valence-electron chi connectivity index (χ3n) is 3.39. The first kappa shape index (κ1) is 15.1. The molecule has 120 valence electrons. The molecule has 3 heterocycles. The number of hydrogen-bond donors (Lipinski definition) is 3. The number of ether oxygens (including phenoxy) is 1. The van der Waals surface area contributed by atoms with Crippen LogP contribution in [0.25, 0.3) is 11.2 Å². The molecule has 2 aromatic heterocycles. The molecule has 0 unspecified atom stereocenters. The molecule has 0 amide bonds. The van der Waals surface area contributed by atoms with Gasteiger partial charge in [0.05, 0.1) is 37.9 Å². The van der Waals surface area contributed by atoms with Crippen LogP contribution in [0.15, 0.2) is 17.4 Å². The lowest BCUT2D eigenvalue weighted by Gasteiger charge is -2.43. The van der Waals surface area contributed by atoms with Crippen LogP contribution in [0.1, 0.15) is 6.23 Å². The highest BCUT2D eigenvalue weighted by Crippen LogP contribution is 2.38. The summed E-state index contributed by atoms with van der Waals surface area (Å²) in [5.74, 6) is -0.564. The predicted octanol–water partition coefficient (Wildman–Crippen LogP) is -1.56. The Morgan fingerprint density at radius 3 is 2.91 bits per heavy atom. The molecule has 1 aliphatic heterocycles. The normalized spacial score (nSPS) is 25.3. The Morgan fingerprint density at radius 2 is 2.23 bits per heavy atom. The van der Waals surface area contributed by atoms with Crippen LogP contribution in [0.5, 0.6) is 0 Å². The van der Waals surface area contributed by atoms with E-state index >= 15 is 0 Å². The van der Waals surface area contributed by atoms with E-state index < -0.39 is 40.8 Å². The summed E-state index contributed by atoms with van der Waals surface area (Å²) < 4.78 is 41.2. The summed E-state index contributed by atoms with van der Waals surface area (Å²) >= 11 is 0. The lowest BCUT2D eigenvalue weighted by atomic mass is 9.95. The Hall–Kier alpha value is -1.86. The van der Waals surface area contributed by atoms with E-state index in [1.54, 1.807) is 0 Å². The van der Waals surface area contributed by atoms with Crippen molar-refractivity contribution in [2.75, 3.05) is 13.2 Å². The minimum atomic E-state index is -4.60. The molecule has 0 bridgehead atoms. The molecule has 0 aromatic carbocycles. The molecule has 1 aliphatic rings. The molecule has 0 aliphatic carbocycles. The van der Waals surface area contributed by atoms with Crippen molar-refractivity contribution in [3.63, 3.8) is 0 Å². The van der Waals surface area contributed by atoms with E-state index in [2.05, 4.69) is 19.1 Å². The summed E-state index contributed by atoms with van der Waals surface area (Å²) in [6, 6.07) is 0. The van der Waals surface area contributed by atoms with Crippen molar-refractivity contribution in [3.05, 3.63) is 23.0 Å². The fraction of sp³-hybridized carbons (Fsp3) is 0.500. The largest absolute Gasteiger partial charge is 0.397 e. The monoisotopic (exact) mass is 332 g/mol. The molecule has 0 spiro atoms. The average Bonchev–Trinajstić information content (AvgIpc) is 2.82. The molecule has 3 N–H and O–H groups in total. The molecule has 11 nitrogen and oxygen atoms in total. The van der Waals surface area contributed by atoms with Gasteiger partial charge in [0.1, 0.15) is 6.23 Å². The Bertz CT molecular complexity index is 844. The van der Waals surface area contributed by atoms with E-state index in [4.69, 9.17) is 9.29 Å². The highest BCUT2D eigenvalue weighted by atomic mass is 32.3. The molecule has 0 radical (unpaired) electrons. The van der Waals surface area contributed by atoms with Gasteiger partial charge in [-0.15, -0.1) is 0 Å². The molecule has 1 fully saturated rings. The van der Waals surface area contributed by atoms with Crippen LogP contribution in [-0.4, -0.2) is 56.9 Å². The second-order valence-electron chi connectivity index (χ2n) is 4.68. The zero-order valence-electron chi connectivity index (χ0n) is 11.0. The van der Waals surface area contributed by atoms with E-state index in [9.17, 15) is 18.3 Å². The zero-order chi connectivity index (χ0) is 15.9. The minimum Gasteiger partial charge on any atom is -0.394 e. The zero-order valence-corrected chi connectivity index (χ0v) is 11.8. The first-order chi connectivity index (χ1) is 10.4. The van der Waals surface area contributed by atoms with Crippen molar-refractivity contribution in [2.45, 2.75) is 12.3 Å². The van der Waals surface area contributed by atoms with Crippen LogP contribution in [-0.2, 0) is 19.3 Å². The second-order valence-corrected chi connectivity index (χ2v) is 5.77. The predicted molar refractivity (Wildman–Crippen MR) is 70.1 cm³/mol. The first-order valence-corrected chi connectivity index (χ1v) is 7.55. The molecule has 3 rings (SSSR count). The van der Waals surface area contributed by atoms with Gasteiger partial charge in [-0.25, -0.2) is 14.2 Å². The number of nitrogens with zero attached hydrogens (tertiary/aromatic N) is 3. The number of aromatic amines is 1. The van der Waals surface area contributed by atoms with Crippen LogP contribution >= 0.6 is 0 Å². The van der Waals surface area contributed by atoms with Gasteiger partial charge in [-0.2, -0.15) is 8.42 Å². The first-order valence-electron chi connectivity index (χ1n) is 6.19. The fourth-order valence-electron chi connectivity index (χ4n) is 2.33. The number of aromatic nitrogens is 4. The molecule has 0 saturated carbocycles. The molecular weight excluding hydrogens is 320 g/mol. The lowest BCUT2D eigenvalue weighted by Crippen LogP contribution is -2.50. The van der Waals surface area contributed by atoms with Crippen LogP contribution in [0.3, 0.4) is 0 Å². The highest BCUT2D eigenvalue weighted by Gasteiger charge is 2.45. The minimum absolute atomic E-state index is 0.105. The number of rotatable bonds is 5. The second kappa shape index (κ2) is 5.40. The van der Waals surface area contributed by atoms with Crippen molar-refractivity contribution in [1.82, 2.24) is 19.5 Å². The summed E-state index contributed by atoms with van der Waals surface area (Å²) in [5, 5.41) is 9.17. The summed E-state index contributed by atoms with van der Waals surface area (Å²) in [7, 11) is -4.60. The van der Waals surface area contributed by atoms with E-state index in [1.165, 1.54) is 17.2 Å². The lowest BCUT2D eigenvalue weighted by molar-refractivity contribution is -0.241. The van der Waals surface area contributed by atoms with Crippen molar-refractivity contribution in [2.24, 2.45) is 5.92 Å².